The summed E-state index contributed by atoms with van der Waals surface area (Å²) in [6, 6.07) is 0.254. The van der Waals surface area contributed by atoms with E-state index in [-0.39, 0.29) is 11.9 Å². The van der Waals surface area contributed by atoms with Gasteiger partial charge in [-0.05, 0) is 33.9 Å². The van der Waals surface area contributed by atoms with E-state index in [0.717, 1.165) is 31.7 Å². The van der Waals surface area contributed by atoms with E-state index in [0.29, 0.717) is 5.56 Å². The predicted octanol–water partition coefficient (Wildman–Crippen LogP) is 0.884. The van der Waals surface area contributed by atoms with Gasteiger partial charge in [0.15, 0.2) is 0 Å². The Morgan fingerprint density at radius 3 is 2.94 bits per heavy atom. The normalized spacial score (nSPS) is 22.5. The first kappa shape index (κ1) is 12.1. The summed E-state index contributed by atoms with van der Waals surface area (Å²) in [4.78, 5) is 16.6. The lowest BCUT2D eigenvalue weighted by molar-refractivity contribution is 0.0696. The molecular formula is C12H20N4O. The summed E-state index contributed by atoms with van der Waals surface area (Å²) in [5, 5.41) is 6.74. The standard InChI is InChI=1S/C12H20N4O/c1-9-8-15(3)5-4-6-16(9)12(17)11-7-13-14-10(11)2/h7,9H,4-6,8H2,1-3H3,(H,13,14). The number of amides is 1. The van der Waals surface area contributed by atoms with Gasteiger partial charge in [0.25, 0.3) is 5.91 Å². The zero-order chi connectivity index (χ0) is 12.4. The number of carbonyl (C=O) groups is 1. The Morgan fingerprint density at radius 2 is 2.29 bits per heavy atom. The zero-order valence-electron chi connectivity index (χ0n) is 10.7. The zero-order valence-corrected chi connectivity index (χ0v) is 10.7. The summed E-state index contributed by atoms with van der Waals surface area (Å²) < 4.78 is 0. The van der Waals surface area contributed by atoms with Gasteiger partial charge in [-0.15, -0.1) is 0 Å². The lowest BCUT2D eigenvalue weighted by atomic mass is 10.2. The molecule has 1 atom stereocenters. The molecule has 17 heavy (non-hydrogen) atoms. The van der Waals surface area contributed by atoms with Crippen LogP contribution in [0.4, 0.5) is 0 Å². The lowest BCUT2D eigenvalue weighted by Crippen LogP contribution is -2.42. The lowest BCUT2D eigenvalue weighted by Gasteiger charge is -2.27. The van der Waals surface area contributed by atoms with Crippen molar-refractivity contribution in [1.29, 1.82) is 0 Å². The second kappa shape index (κ2) is 4.87. The topological polar surface area (TPSA) is 52.2 Å². The van der Waals surface area contributed by atoms with Crippen molar-refractivity contribution >= 4 is 5.91 Å². The number of hydrogen-bond acceptors (Lipinski definition) is 3. The van der Waals surface area contributed by atoms with Crippen LogP contribution in [0.15, 0.2) is 6.20 Å². The largest absolute Gasteiger partial charge is 0.335 e. The van der Waals surface area contributed by atoms with Crippen LogP contribution in [0, 0.1) is 6.92 Å². The average Bonchev–Trinajstić information content (AvgIpc) is 2.61. The monoisotopic (exact) mass is 236 g/mol. The van der Waals surface area contributed by atoms with Gasteiger partial charge in [0.05, 0.1) is 11.8 Å². The van der Waals surface area contributed by atoms with Crippen molar-refractivity contribution in [2.45, 2.75) is 26.3 Å². The molecule has 0 radical (unpaired) electrons. The molecule has 5 nitrogen and oxygen atoms in total. The van der Waals surface area contributed by atoms with Crippen LogP contribution in [0.1, 0.15) is 29.4 Å². The molecule has 1 N–H and O–H groups in total. The van der Waals surface area contributed by atoms with Crippen molar-refractivity contribution in [1.82, 2.24) is 20.0 Å². The van der Waals surface area contributed by atoms with Crippen LogP contribution in [-0.4, -0.2) is 58.6 Å². The Bertz CT molecular complexity index is 401. The number of H-pyrrole nitrogens is 1. The Morgan fingerprint density at radius 1 is 1.53 bits per heavy atom. The summed E-state index contributed by atoms with van der Waals surface area (Å²) in [7, 11) is 2.10. The van der Waals surface area contributed by atoms with E-state index in [4.69, 9.17) is 0 Å². The number of aromatic nitrogens is 2. The maximum atomic E-state index is 12.4. The van der Waals surface area contributed by atoms with E-state index in [1.165, 1.54) is 0 Å². The molecule has 0 bridgehead atoms. The minimum Gasteiger partial charge on any atom is -0.335 e. The molecule has 1 aliphatic rings. The third kappa shape index (κ3) is 2.49. The first-order valence-electron chi connectivity index (χ1n) is 6.09. The summed E-state index contributed by atoms with van der Waals surface area (Å²) in [5.41, 5.74) is 1.54. The van der Waals surface area contributed by atoms with Gasteiger partial charge in [0.1, 0.15) is 0 Å². The van der Waals surface area contributed by atoms with E-state index in [2.05, 4.69) is 29.1 Å². The highest BCUT2D eigenvalue weighted by Gasteiger charge is 2.26. The van der Waals surface area contributed by atoms with E-state index in [1.54, 1.807) is 6.20 Å². The molecule has 1 aliphatic heterocycles. The number of likely N-dealkylation sites (N-methyl/N-ethyl adjacent to an activating group) is 1. The molecule has 0 saturated carbocycles. The highest BCUT2D eigenvalue weighted by Crippen LogP contribution is 2.14. The molecule has 0 aromatic carbocycles. The van der Waals surface area contributed by atoms with Gasteiger partial charge in [0, 0.05) is 24.8 Å². The number of nitrogens with one attached hydrogen (secondary N) is 1. The van der Waals surface area contributed by atoms with Gasteiger partial charge in [-0.1, -0.05) is 0 Å². The van der Waals surface area contributed by atoms with Crippen molar-refractivity contribution in [3.05, 3.63) is 17.5 Å². The van der Waals surface area contributed by atoms with Gasteiger partial charge < -0.3 is 9.80 Å². The second-order valence-corrected chi connectivity index (χ2v) is 4.87. The van der Waals surface area contributed by atoms with Crippen LogP contribution in [0.3, 0.4) is 0 Å². The van der Waals surface area contributed by atoms with Crippen LogP contribution in [0.25, 0.3) is 0 Å². The molecule has 1 unspecified atom stereocenters. The maximum absolute atomic E-state index is 12.4. The molecule has 2 heterocycles. The molecule has 0 aliphatic carbocycles. The SMILES string of the molecule is Cc1[nH]ncc1C(=O)N1CCCN(C)CC1C. The molecule has 5 heteroatoms. The molecule has 94 valence electrons. The van der Waals surface area contributed by atoms with E-state index in [9.17, 15) is 4.79 Å². The van der Waals surface area contributed by atoms with Crippen LogP contribution in [-0.2, 0) is 0 Å². The van der Waals surface area contributed by atoms with Crippen molar-refractivity contribution in [3.8, 4) is 0 Å². The average molecular weight is 236 g/mol. The van der Waals surface area contributed by atoms with E-state index >= 15 is 0 Å². The van der Waals surface area contributed by atoms with E-state index < -0.39 is 0 Å². The Balaban J connectivity index is 2.16. The van der Waals surface area contributed by atoms with Gasteiger partial charge >= 0.3 is 0 Å². The number of nitrogens with zero attached hydrogens (tertiary/aromatic N) is 3. The van der Waals surface area contributed by atoms with E-state index in [1.807, 2.05) is 11.8 Å². The molecule has 2 rings (SSSR count). The van der Waals surface area contributed by atoms with Crippen LogP contribution in [0.5, 0.6) is 0 Å². The van der Waals surface area contributed by atoms with Crippen LogP contribution in [0.2, 0.25) is 0 Å². The van der Waals surface area contributed by atoms with Crippen molar-refractivity contribution in [3.63, 3.8) is 0 Å². The molecule has 0 spiro atoms. The third-order valence-electron chi connectivity index (χ3n) is 3.37. The van der Waals surface area contributed by atoms with Crippen molar-refractivity contribution in [2.24, 2.45) is 0 Å². The minimum atomic E-state index is 0.0963. The first-order chi connectivity index (χ1) is 8.09. The van der Waals surface area contributed by atoms with Crippen LogP contribution >= 0.6 is 0 Å². The Kier molecular flexibility index (Phi) is 3.47. The first-order valence-corrected chi connectivity index (χ1v) is 6.09. The van der Waals surface area contributed by atoms with Gasteiger partial charge in [0.2, 0.25) is 0 Å². The third-order valence-corrected chi connectivity index (χ3v) is 3.37. The maximum Gasteiger partial charge on any atom is 0.257 e. The van der Waals surface area contributed by atoms with Crippen molar-refractivity contribution < 1.29 is 4.79 Å². The number of hydrogen-bond donors (Lipinski definition) is 1. The smallest absolute Gasteiger partial charge is 0.257 e. The number of carbonyl (C=O) groups excluding carboxylic acids is 1. The Labute approximate surface area is 102 Å². The molecule has 1 fully saturated rings. The minimum absolute atomic E-state index is 0.0963. The molecule has 1 amide bonds. The van der Waals surface area contributed by atoms with Crippen molar-refractivity contribution in [2.75, 3.05) is 26.7 Å². The highest BCUT2D eigenvalue weighted by molar-refractivity contribution is 5.95. The van der Waals surface area contributed by atoms with Gasteiger partial charge in [-0.3, -0.25) is 9.89 Å². The second-order valence-electron chi connectivity index (χ2n) is 4.87. The highest BCUT2D eigenvalue weighted by atomic mass is 16.2. The number of aromatic amines is 1. The van der Waals surface area contributed by atoms with Crippen LogP contribution < -0.4 is 0 Å². The van der Waals surface area contributed by atoms with Gasteiger partial charge in [-0.2, -0.15) is 5.10 Å². The molecule has 1 aromatic rings. The molecular weight excluding hydrogens is 216 g/mol. The number of aryl methyl sites for hydroxylation is 1. The number of rotatable bonds is 1. The summed E-state index contributed by atoms with van der Waals surface area (Å²) in [6.07, 6.45) is 2.66. The predicted molar refractivity (Wildman–Crippen MR) is 65.9 cm³/mol. The fourth-order valence-corrected chi connectivity index (χ4v) is 2.40. The fraction of sp³-hybridized carbons (Fsp3) is 0.667. The molecule has 1 saturated heterocycles. The quantitative estimate of drug-likeness (QED) is 0.787. The fourth-order valence-electron chi connectivity index (χ4n) is 2.40. The summed E-state index contributed by atoms with van der Waals surface area (Å²) >= 11 is 0. The summed E-state index contributed by atoms with van der Waals surface area (Å²) in [5.74, 6) is 0.0963. The Hall–Kier alpha value is -1.36. The molecule has 1 aromatic heterocycles. The summed E-state index contributed by atoms with van der Waals surface area (Å²) in [6.45, 7) is 6.81. The van der Waals surface area contributed by atoms with Gasteiger partial charge in [-0.25, -0.2) is 0 Å².